The Kier molecular flexibility index (Phi) is 5.62. The number of amides is 1. The van der Waals surface area contributed by atoms with Crippen LogP contribution < -0.4 is 10.1 Å². The second-order valence-corrected chi connectivity index (χ2v) is 7.24. The summed E-state index contributed by atoms with van der Waals surface area (Å²) < 4.78 is 11.0. The van der Waals surface area contributed by atoms with Crippen molar-refractivity contribution in [3.05, 3.63) is 76.2 Å². The minimum Gasteiger partial charge on any atom is -0.442 e. The number of anilines is 1. The van der Waals surface area contributed by atoms with Crippen molar-refractivity contribution in [3.63, 3.8) is 0 Å². The number of benzene rings is 2. The molecule has 4 aromatic rings. The molecule has 2 heterocycles. The lowest BCUT2D eigenvalue weighted by Crippen LogP contribution is -2.15. The van der Waals surface area contributed by atoms with Gasteiger partial charge in [0.15, 0.2) is 0 Å². The van der Waals surface area contributed by atoms with Gasteiger partial charge in [0.1, 0.15) is 11.6 Å². The van der Waals surface area contributed by atoms with Crippen molar-refractivity contribution in [2.45, 2.75) is 20.0 Å². The zero-order valence-electron chi connectivity index (χ0n) is 15.7. The molecule has 0 spiro atoms. The van der Waals surface area contributed by atoms with Gasteiger partial charge >= 0.3 is 6.08 Å². The maximum Gasteiger partial charge on any atom is 0.415 e. The van der Waals surface area contributed by atoms with Crippen LogP contribution >= 0.6 is 11.3 Å². The summed E-state index contributed by atoms with van der Waals surface area (Å²) in [7, 11) is 0. The Morgan fingerprint density at radius 3 is 2.72 bits per heavy atom. The van der Waals surface area contributed by atoms with E-state index in [4.69, 9.17) is 9.15 Å². The molecule has 7 nitrogen and oxygen atoms in total. The summed E-state index contributed by atoms with van der Waals surface area (Å²) in [6.07, 6.45) is 0.285. The monoisotopic (exact) mass is 406 g/mol. The van der Waals surface area contributed by atoms with Crippen molar-refractivity contribution in [1.29, 1.82) is 0 Å². The Labute approximate surface area is 171 Å². The summed E-state index contributed by atoms with van der Waals surface area (Å²) in [4.78, 5) is 16.7. The van der Waals surface area contributed by atoms with Gasteiger partial charge in [-0.05, 0) is 30.7 Å². The largest absolute Gasteiger partial charge is 0.442 e. The number of rotatable bonds is 7. The maximum atomic E-state index is 12.3. The predicted octanol–water partition coefficient (Wildman–Crippen LogP) is 4.26. The van der Waals surface area contributed by atoms with Crippen LogP contribution in [0.5, 0.6) is 6.08 Å². The van der Waals surface area contributed by atoms with Crippen LogP contribution in [0.15, 0.2) is 64.4 Å². The van der Waals surface area contributed by atoms with Gasteiger partial charge in [-0.3, -0.25) is 4.79 Å². The number of thiazole rings is 1. The molecule has 0 saturated heterocycles. The zero-order valence-corrected chi connectivity index (χ0v) is 16.5. The number of carbonyl (C=O) groups excluding carboxylic acids is 1. The standard InChI is InChI=1S/C21H18N4O3S/c1-14-7-5-6-10-17(14)23-18(26)11-19-22-16(13-29-19)12-27-21-25-24-20(28-21)15-8-3-2-4-9-15/h2-10,13H,11-12H2,1H3,(H,23,26). The fraction of sp³-hybridized carbons (Fsp3) is 0.143. The molecule has 29 heavy (non-hydrogen) atoms. The number of hydrogen-bond acceptors (Lipinski definition) is 7. The number of carbonyl (C=O) groups is 1. The lowest BCUT2D eigenvalue weighted by atomic mass is 10.2. The quantitative estimate of drug-likeness (QED) is 0.493. The molecule has 0 aliphatic rings. The molecule has 146 valence electrons. The van der Waals surface area contributed by atoms with E-state index in [1.54, 1.807) is 0 Å². The average Bonchev–Trinajstić information content (AvgIpc) is 3.38. The second kappa shape index (κ2) is 8.66. The van der Waals surface area contributed by atoms with Crippen LogP contribution in [0.2, 0.25) is 0 Å². The van der Waals surface area contributed by atoms with Gasteiger partial charge in [-0.2, -0.15) is 0 Å². The Hall–Kier alpha value is -3.52. The van der Waals surface area contributed by atoms with Gasteiger partial charge in [-0.15, -0.1) is 16.4 Å². The van der Waals surface area contributed by atoms with Crippen molar-refractivity contribution < 1.29 is 13.9 Å². The van der Waals surface area contributed by atoms with Crippen molar-refractivity contribution in [3.8, 4) is 17.5 Å². The first kappa shape index (κ1) is 18.8. The van der Waals surface area contributed by atoms with Gasteiger partial charge < -0.3 is 14.5 Å². The van der Waals surface area contributed by atoms with E-state index < -0.39 is 0 Å². The van der Waals surface area contributed by atoms with Gasteiger partial charge in [-0.25, -0.2) is 4.98 Å². The highest BCUT2D eigenvalue weighted by molar-refractivity contribution is 7.09. The summed E-state index contributed by atoms with van der Waals surface area (Å²) >= 11 is 1.41. The van der Waals surface area contributed by atoms with E-state index >= 15 is 0 Å². The third-order valence-electron chi connectivity index (χ3n) is 4.10. The van der Waals surface area contributed by atoms with E-state index in [-0.39, 0.29) is 25.0 Å². The Bertz CT molecular complexity index is 1110. The molecule has 4 rings (SSSR count). The first-order valence-corrected chi connectivity index (χ1v) is 9.86. The molecule has 2 aromatic heterocycles. The summed E-state index contributed by atoms with van der Waals surface area (Å²) in [6, 6.07) is 17.1. The van der Waals surface area contributed by atoms with Crippen LogP contribution in [-0.4, -0.2) is 21.1 Å². The number of ether oxygens (including phenoxy) is 1. The van der Waals surface area contributed by atoms with Gasteiger partial charge in [0, 0.05) is 16.6 Å². The van der Waals surface area contributed by atoms with Crippen LogP contribution in [0, 0.1) is 6.92 Å². The molecule has 2 aromatic carbocycles. The van der Waals surface area contributed by atoms with Crippen molar-refractivity contribution >= 4 is 22.9 Å². The fourth-order valence-electron chi connectivity index (χ4n) is 2.64. The number of hydrogen-bond donors (Lipinski definition) is 1. The summed E-state index contributed by atoms with van der Waals surface area (Å²) in [5.74, 6) is 0.290. The van der Waals surface area contributed by atoms with Crippen LogP contribution in [0.1, 0.15) is 16.3 Å². The number of aromatic nitrogens is 3. The van der Waals surface area contributed by atoms with Crippen LogP contribution in [0.3, 0.4) is 0 Å². The third-order valence-corrected chi connectivity index (χ3v) is 5.00. The average molecular weight is 406 g/mol. The van der Waals surface area contributed by atoms with Crippen molar-refractivity contribution in [1.82, 2.24) is 15.2 Å². The minimum atomic E-state index is -0.106. The molecule has 0 unspecified atom stereocenters. The van der Waals surface area contributed by atoms with Gasteiger partial charge in [-0.1, -0.05) is 41.5 Å². The molecular formula is C21H18N4O3S. The number of nitrogens with zero attached hydrogens (tertiary/aromatic N) is 3. The van der Waals surface area contributed by atoms with E-state index in [9.17, 15) is 4.79 Å². The molecule has 0 aliphatic heterocycles. The summed E-state index contributed by atoms with van der Waals surface area (Å²) in [5, 5.41) is 13.3. The Morgan fingerprint density at radius 2 is 1.90 bits per heavy atom. The molecule has 0 atom stereocenters. The van der Waals surface area contributed by atoms with E-state index in [0.29, 0.717) is 16.6 Å². The van der Waals surface area contributed by atoms with Gasteiger partial charge in [0.25, 0.3) is 5.89 Å². The first-order chi connectivity index (χ1) is 14.2. The van der Waals surface area contributed by atoms with Crippen LogP contribution in [-0.2, 0) is 17.8 Å². The van der Waals surface area contributed by atoms with Gasteiger partial charge in [0.2, 0.25) is 5.91 Å². The van der Waals surface area contributed by atoms with Crippen LogP contribution in [0.25, 0.3) is 11.5 Å². The minimum absolute atomic E-state index is 0.0794. The lowest BCUT2D eigenvalue weighted by Gasteiger charge is -2.06. The van der Waals surface area contributed by atoms with Crippen molar-refractivity contribution in [2.24, 2.45) is 0 Å². The smallest absolute Gasteiger partial charge is 0.415 e. The molecule has 1 N–H and O–H groups in total. The molecule has 0 bridgehead atoms. The first-order valence-electron chi connectivity index (χ1n) is 8.98. The fourth-order valence-corrected chi connectivity index (χ4v) is 3.42. The third kappa shape index (κ3) is 4.85. The zero-order chi connectivity index (χ0) is 20.1. The molecule has 0 saturated carbocycles. The summed E-state index contributed by atoms with van der Waals surface area (Å²) in [5.41, 5.74) is 3.35. The molecule has 0 fully saturated rings. The number of aryl methyl sites for hydroxylation is 1. The topological polar surface area (TPSA) is 90.1 Å². The Morgan fingerprint density at radius 1 is 1.10 bits per heavy atom. The highest BCUT2D eigenvalue weighted by Crippen LogP contribution is 2.21. The second-order valence-electron chi connectivity index (χ2n) is 6.30. The van der Waals surface area contributed by atoms with E-state index in [1.165, 1.54) is 11.3 Å². The highest BCUT2D eigenvalue weighted by atomic mass is 32.1. The molecular weight excluding hydrogens is 388 g/mol. The van der Waals surface area contributed by atoms with Crippen molar-refractivity contribution in [2.75, 3.05) is 5.32 Å². The lowest BCUT2D eigenvalue weighted by molar-refractivity contribution is -0.115. The summed E-state index contributed by atoms with van der Waals surface area (Å²) in [6.45, 7) is 2.14. The van der Waals surface area contributed by atoms with E-state index in [0.717, 1.165) is 16.8 Å². The molecule has 0 radical (unpaired) electrons. The normalized spacial score (nSPS) is 10.7. The van der Waals surface area contributed by atoms with E-state index in [2.05, 4.69) is 20.5 Å². The predicted molar refractivity (Wildman–Crippen MR) is 110 cm³/mol. The SMILES string of the molecule is Cc1ccccc1NC(=O)Cc1nc(COc2nnc(-c3ccccc3)o2)cs1. The number of para-hydroxylation sites is 1. The Balaban J connectivity index is 1.31. The highest BCUT2D eigenvalue weighted by Gasteiger charge is 2.12. The van der Waals surface area contributed by atoms with Crippen LogP contribution in [0.4, 0.5) is 5.69 Å². The number of nitrogens with one attached hydrogen (secondary N) is 1. The maximum absolute atomic E-state index is 12.3. The van der Waals surface area contributed by atoms with E-state index in [1.807, 2.05) is 66.9 Å². The van der Waals surface area contributed by atoms with Gasteiger partial charge in [0.05, 0.1) is 12.1 Å². The molecule has 8 heteroatoms. The molecule has 1 amide bonds. The molecule has 0 aliphatic carbocycles.